The Morgan fingerprint density at radius 1 is 0.532 bits per heavy atom. The predicted octanol–water partition coefficient (Wildman–Crippen LogP) is 11.8. The van der Waals surface area contributed by atoms with Crippen LogP contribution in [0.3, 0.4) is 0 Å². The smallest absolute Gasteiger partial charge is 0.235 e. The molecule has 0 amide bonds. The van der Waals surface area contributed by atoms with Gasteiger partial charge in [0.1, 0.15) is 11.2 Å². The number of fused-ring (bicyclic) bond motifs is 13. The van der Waals surface area contributed by atoms with Gasteiger partial charge < -0.3 is 4.42 Å². The average molecular weight is 618 g/mol. The topological polar surface area (TPSA) is 43.9 Å². The monoisotopic (exact) mass is 617 g/mol. The number of furan rings is 1. The highest BCUT2D eigenvalue weighted by Crippen LogP contribution is 2.43. The number of thiophene rings is 1. The summed E-state index contributed by atoms with van der Waals surface area (Å²) in [5.41, 5.74) is 6.91. The lowest BCUT2D eigenvalue weighted by Gasteiger charge is -2.11. The van der Waals surface area contributed by atoms with Crippen molar-refractivity contribution < 1.29 is 4.42 Å². The molecule has 0 spiro atoms. The molecule has 0 unspecified atom stereocenters. The molecule has 5 heteroatoms. The van der Waals surface area contributed by atoms with E-state index in [2.05, 4.69) is 132 Å². The van der Waals surface area contributed by atoms with E-state index in [-0.39, 0.29) is 0 Å². The van der Waals surface area contributed by atoms with Crippen molar-refractivity contribution in [1.29, 1.82) is 0 Å². The first-order chi connectivity index (χ1) is 23.3. The van der Waals surface area contributed by atoms with E-state index < -0.39 is 0 Å². The fourth-order valence-electron chi connectivity index (χ4n) is 7.50. The average Bonchev–Trinajstić information content (AvgIpc) is 3.80. The van der Waals surface area contributed by atoms with Gasteiger partial charge >= 0.3 is 0 Å². The Balaban J connectivity index is 1.31. The van der Waals surface area contributed by atoms with Crippen LogP contribution in [0.2, 0.25) is 0 Å². The molecular weight excluding hydrogens is 595 g/mol. The van der Waals surface area contributed by atoms with Gasteiger partial charge in [-0.05, 0) is 52.6 Å². The number of benzene rings is 7. The van der Waals surface area contributed by atoms with Crippen LogP contribution in [0.25, 0.3) is 103 Å². The van der Waals surface area contributed by atoms with E-state index in [9.17, 15) is 0 Å². The number of hydrogen-bond donors (Lipinski definition) is 0. The molecular formula is C42H23N3OS. The van der Waals surface area contributed by atoms with Crippen LogP contribution < -0.4 is 0 Å². The summed E-state index contributed by atoms with van der Waals surface area (Å²) < 4.78 is 10.8. The van der Waals surface area contributed by atoms with E-state index in [1.165, 1.54) is 37.0 Å². The molecule has 7 aromatic carbocycles. The molecule has 0 aliphatic carbocycles. The fourth-order valence-corrected chi connectivity index (χ4v) is 8.66. The predicted molar refractivity (Wildman–Crippen MR) is 197 cm³/mol. The molecule has 0 fully saturated rings. The number of rotatable bonds is 2. The summed E-state index contributed by atoms with van der Waals surface area (Å²) in [7, 11) is 0. The lowest BCUT2D eigenvalue weighted by atomic mass is 10.0. The van der Waals surface area contributed by atoms with Crippen molar-refractivity contribution in [2.45, 2.75) is 0 Å². The molecule has 0 radical (unpaired) electrons. The van der Waals surface area contributed by atoms with E-state index >= 15 is 0 Å². The third-order valence-electron chi connectivity index (χ3n) is 9.60. The lowest BCUT2D eigenvalue weighted by molar-refractivity contribution is 0.669. The first-order valence-electron chi connectivity index (χ1n) is 15.8. The molecule has 0 bridgehead atoms. The maximum Gasteiger partial charge on any atom is 0.235 e. The van der Waals surface area contributed by atoms with E-state index in [4.69, 9.17) is 14.4 Å². The summed E-state index contributed by atoms with van der Waals surface area (Å²) in [6.07, 6.45) is 0. The van der Waals surface area contributed by atoms with Gasteiger partial charge in [-0.3, -0.25) is 4.57 Å². The second-order valence-electron chi connectivity index (χ2n) is 12.2. The SMILES string of the molecule is c1ccc2c(c1)ccc1c2c2ccc3ccccc3c2n1-c1nc(-c2ccc3oc4ccccc4c3c2)c2sc3ccccc3c2n1. The Morgan fingerprint density at radius 2 is 1.23 bits per heavy atom. The van der Waals surface area contributed by atoms with E-state index in [0.717, 1.165) is 59.8 Å². The summed E-state index contributed by atoms with van der Waals surface area (Å²) in [4.78, 5) is 10.9. The Labute approximate surface area is 271 Å². The zero-order valence-corrected chi connectivity index (χ0v) is 25.8. The third-order valence-corrected chi connectivity index (χ3v) is 10.8. The van der Waals surface area contributed by atoms with Crippen molar-refractivity contribution >= 4 is 96.9 Å². The molecule has 4 nitrogen and oxygen atoms in total. The van der Waals surface area contributed by atoms with Gasteiger partial charge in [0.15, 0.2) is 0 Å². The molecule has 218 valence electrons. The highest BCUT2D eigenvalue weighted by atomic mass is 32.1. The summed E-state index contributed by atoms with van der Waals surface area (Å²) in [5, 5.41) is 10.6. The van der Waals surface area contributed by atoms with E-state index in [0.29, 0.717) is 5.95 Å². The molecule has 0 aliphatic rings. The van der Waals surface area contributed by atoms with Gasteiger partial charge in [0.25, 0.3) is 0 Å². The van der Waals surface area contributed by atoms with Gasteiger partial charge in [-0.15, -0.1) is 11.3 Å². The zero-order chi connectivity index (χ0) is 30.6. The van der Waals surface area contributed by atoms with Crippen LogP contribution in [0.1, 0.15) is 0 Å². The van der Waals surface area contributed by atoms with Crippen LogP contribution in [0.15, 0.2) is 144 Å². The Kier molecular flexibility index (Phi) is 4.96. The van der Waals surface area contributed by atoms with Crippen molar-refractivity contribution in [2.75, 3.05) is 0 Å². The summed E-state index contributed by atoms with van der Waals surface area (Å²) in [5.74, 6) is 0.667. The van der Waals surface area contributed by atoms with Gasteiger partial charge in [-0.25, -0.2) is 9.97 Å². The van der Waals surface area contributed by atoms with Crippen molar-refractivity contribution in [2.24, 2.45) is 0 Å². The summed E-state index contributed by atoms with van der Waals surface area (Å²) in [6, 6.07) is 49.4. The Bertz CT molecular complexity index is 3090. The molecule has 0 aliphatic heterocycles. The second kappa shape index (κ2) is 9.25. The normalized spacial score (nSPS) is 12.3. The molecule has 0 N–H and O–H groups in total. The summed E-state index contributed by atoms with van der Waals surface area (Å²) >= 11 is 1.75. The largest absolute Gasteiger partial charge is 0.456 e. The quantitative estimate of drug-likeness (QED) is 0.194. The third kappa shape index (κ3) is 3.46. The molecule has 4 heterocycles. The number of hydrogen-bond acceptors (Lipinski definition) is 4. The van der Waals surface area contributed by atoms with E-state index in [1.807, 2.05) is 12.1 Å². The van der Waals surface area contributed by atoms with Crippen LogP contribution >= 0.6 is 11.3 Å². The van der Waals surface area contributed by atoms with Gasteiger partial charge in [0.05, 0.1) is 26.9 Å². The number of nitrogens with zero attached hydrogens (tertiary/aromatic N) is 3. The first kappa shape index (κ1) is 25.2. The fraction of sp³-hybridized carbons (Fsp3) is 0. The second-order valence-corrected chi connectivity index (χ2v) is 13.2. The van der Waals surface area contributed by atoms with Gasteiger partial charge in [0, 0.05) is 42.6 Å². The minimum atomic E-state index is 0.667. The molecule has 0 saturated carbocycles. The minimum Gasteiger partial charge on any atom is -0.456 e. The van der Waals surface area contributed by atoms with Gasteiger partial charge in [-0.1, -0.05) is 103 Å². The molecule has 0 saturated heterocycles. The first-order valence-corrected chi connectivity index (χ1v) is 16.6. The van der Waals surface area contributed by atoms with Crippen LogP contribution in [0.5, 0.6) is 0 Å². The number of para-hydroxylation sites is 1. The molecule has 4 aromatic heterocycles. The highest BCUT2D eigenvalue weighted by molar-refractivity contribution is 7.26. The van der Waals surface area contributed by atoms with Crippen LogP contribution in [-0.2, 0) is 0 Å². The minimum absolute atomic E-state index is 0.667. The Morgan fingerprint density at radius 3 is 2.13 bits per heavy atom. The zero-order valence-electron chi connectivity index (χ0n) is 24.9. The van der Waals surface area contributed by atoms with Crippen LogP contribution in [-0.4, -0.2) is 14.5 Å². The van der Waals surface area contributed by atoms with Crippen LogP contribution in [0, 0.1) is 0 Å². The van der Waals surface area contributed by atoms with E-state index in [1.54, 1.807) is 11.3 Å². The van der Waals surface area contributed by atoms with Crippen molar-refractivity contribution in [3.8, 4) is 17.2 Å². The van der Waals surface area contributed by atoms with Crippen LogP contribution in [0.4, 0.5) is 0 Å². The lowest BCUT2D eigenvalue weighted by Crippen LogP contribution is -2.03. The van der Waals surface area contributed by atoms with Crippen molar-refractivity contribution in [3.05, 3.63) is 140 Å². The maximum atomic E-state index is 6.20. The highest BCUT2D eigenvalue weighted by Gasteiger charge is 2.22. The van der Waals surface area contributed by atoms with Crippen molar-refractivity contribution in [3.63, 3.8) is 0 Å². The van der Waals surface area contributed by atoms with Crippen molar-refractivity contribution in [1.82, 2.24) is 14.5 Å². The van der Waals surface area contributed by atoms with Gasteiger partial charge in [-0.2, -0.15) is 0 Å². The Hall–Kier alpha value is -6.04. The maximum absolute atomic E-state index is 6.20. The standard InChI is InChI=1S/C42H23N3OS/c1-3-11-27-24(9-1)18-21-33-37(27)31-20-17-25-10-2-4-12-28(25)40(31)45(33)42-43-38(41-39(44-42)30-14-6-8-16-36(30)47-41)26-19-22-35-32(23-26)29-13-5-7-15-34(29)46-35/h1-23H. The number of aromatic nitrogens is 3. The molecule has 11 aromatic rings. The van der Waals surface area contributed by atoms with Gasteiger partial charge in [0.2, 0.25) is 5.95 Å². The molecule has 11 rings (SSSR count). The molecule has 0 atom stereocenters. The molecule has 47 heavy (non-hydrogen) atoms. The summed E-state index contributed by atoms with van der Waals surface area (Å²) in [6.45, 7) is 0.